The van der Waals surface area contributed by atoms with Crippen LogP contribution in [0.25, 0.3) is 21.0 Å². The molecular weight excluding hydrogens is 384 g/mol. The Labute approximate surface area is 174 Å². The molecule has 29 heavy (non-hydrogen) atoms. The van der Waals surface area contributed by atoms with Gasteiger partial charge in [0, 0.05) is 38.8 Å². The number of hydrogen-bond donors (Lipinski definition) is 0. The van der Waals surface area contributed by atoms with Crippen LogP contribution in [0.15, 0.2) is 40.8 Å². The smallest absolute Gasteiger partial charge is 0.289 e. The van der Waals surface area contributed by atoms with E-state index in [9.17, 15) is 4.79 Å². The molecule has 6 nitrogen and oxygen atoms in total. The van der Waals surface area contributed by atoms with Crippen LogP contribution in [0.4, 0.5) is 0 Å². The molecule has 0 spiro atoms. The van der Waals surface area contributed by atoms with Crippen LogP contribution in [-0.4, -0.2) is 77.9 Å². The molecule has 2 fully saturated rings. The fourth-order valence-corrected chi connectivity index (χ4v) is 5.36. The average Bonchev–Trinajstić information content (AvgIpc) is 3.40. The number of amides is 1. The van der Waals surface area contributed by atoms with Gasteiger partial charge in [0.25, 0.3) is 5.91 Å². The number of nitrogens with zero attached hydrogens (tertiary/aromatic N) is 4. The SMILES string of the molecule is CN1CCCC(N2CCN(C(=O)c3ccc(-c4nc5ccccc5s4)o3)CC2)C1. The van der Waals surface area contributed by atoms with Crippen molar-refractivity contribution < 1.29 is 9.21 Å². The van der Waals surface area contributed by atoms with Crippen molar-refractivity contribution in [3.63, 3.8) is 0 Å². The van der Waals surface area contributed by atoms with Crippen molar-refractivity contribution in [1.82, 2.24) is 19.7 Å². The van der Waals surface area contributed by atoms with Gasteiger partial charge < -0.3 is 14.2 Å². The summed E-state index contributed by atoms with van der Waals surface area (Å²) in [6.45, 7) is 5.74. The summed E-state index contributed by atoms with van der Waals surface area (Å²) in [6.07, 6.45) is 2.53. The second kappa shape index (κ2) is 7.89. The number of hydrogen-bond acceptors (Lipinski definition) is 6. The van der Waals surface area contributed by atoms with Crippen molar-refractivity contribution in [3.8, 4) is 10.8 Å². The van der Waals surface area contributed by atoms with Crippen LogP contribution in [0, 0.1) is 0 Å². The van der Waals surface area contributed by atoms with Gasteiger partial charge in [0.2, 0.25) is 0 Å². The molecule has 0 radical (unpaired) electrons. The zero-order valence-corrected chi connectivity index (χ0v) is 17.5. The van der Waals surface area contributed by atoms with E-state index >= 15 is 0 Å². The molecule has 2 aliphatic rings. The highest BCUT2D eigenvalue weighted by Gasteiger charge is 2.29. The Bertz CT molecular complexity index is 972. The van der Waals surface area contributed by atoms with Gasteiger partial charge in [-0.15, -0.1) is 11.3 Å². The highest BCUT2D eigenvalue weighted by Crippen LogP contribution is 2.31. The first kappa shape index (κ1) is 18.8. The van der Waals surface area contributed by atoms with Crippen molar-refractivity contribution >= 4 is 27.5 Å². The quantitative estimate of drug-likeness (QED) is 0.662. The lowest BCUT2D eigenvalue weighted by molar-refractivity contribution is 0.0431. The predicted octanol–water partition coefficient (Wildman–Crippen LogP) is 3.41. The minimum atomic E-state index is -0.0160. The number of likely N-dealkylation sites (tertiary alicyclic amines) is 1. The molecule has 2 aromatic heterocycles. The van der Waals surface area contributed by atoms with Gasteiger partial charge in [0.1, 0.15) is 0 Å². The number of furan rings is 1. The largest absolute Gasteiger partial charge is 0.448 e. The number of thiazole rings is 1. The van der Waals surface area contributed by atoms with Crippen molar-refractivity contribution in [2.75, 3.05) is 46.3 Å². The number of benzene rings is 1. The minimum Gasteiger partial charge on any atom is -0.448 e. The predicted molar refractivity (Wildman–Crippen MR) is 115 cm³/mol. The summed E-state index contributed by atoms with van der Waals surface area (Å²) in [5, 5.41) is 0.816. The van der Waals surface area contributed by atoms with E-state index in [2.05, 4.69) is 27.9 Å². The molecular formula is C22H26N4O2S. The average molecular weight is 411 g/mol. The Balaban J connectivity index is 1.24. The fourth-order valence-electron chi connectivity index (χ4n) is 4.43. The molecule has 2 aliphatic heterocycles. The molecule has 0 bridgehead atoms. The summed E-state index contributed by atoms with van der Waals surface area (Å²) in [6, 6.07) is 12.3. The molecule has 0 saturated carbocycles. The van der Waals surface area contributed by atoms with E-state index < -0.39 is 0 Å². The molecule has 1 unspecified atom stereocenters. The van der Waals surface area contributed by atoms with Crippen LogP contribution < -0.4 is 0 Å². The zero-order valence-electron chi connectivity index (χ0n) is 16.7. The first-order chi connectivity index (χ1) is 14.2. The molecule has 7 heteroatoms. The maximum atomic E-state index is 12.9. The van der Waals surface area contributed by atoms with E-state index in [1.54, 1.807) is 17.4 Å². The Hall–Kier alpha value is -2.22. The first-order valence-electron chi connectivity index (χ1n) is 10.3. The van der Waals surface area contributed by atoms with Crippen LogP contribution >= 0.6 is 11.3 Å². The van der Waals surface area contributed by atoms with Gasteiger partial charge in [-0.3, -0.25) is 9.69 Å². The maximum Gasteiger partial charge on any atom is 0.289 e. The van der Waals surface area contributed by atoms with Gasteiger partial charge in [-0.05, 0) is 50.7 Å². The highest BCUT2D eigenvalue weighted by molar-refractivity contribution is 7.21. The van der Waals surface area contributed by atoms with Gasteiger partial charge >= 0.3 is 0 Å². The Kier molecular flexibility index (Phi) is 5.11. The third-order valence-corrected chi connectivity index (χ3v) is 7.09. The Morgan fingerprint density at radius 2 is 1.93 bits per heavy atom. The van der Waals surface area contributed by atoms with E-state index in [1.807, 2.05) is 29.2 Å². The van der Waals surface area contributed by atoms with E-state index in [4.69, 9.17) is 4.42 Å². The molecule has 152 valence electrons. The number of carbonyl (C=O) groups excluding carboxylic acids is 1. The minimum absolute atomic E-state index is 0.0160. The molecule has 0 aliphatic carbocycles. The topological polar surface area (TPSA) is 52.8 Å². The number of likely N-dealkylation sites (N-methyl/N-ethyl adjacent to an activating group) is 1. The van der Waals surface area contributed by atoms with Crippen LogP contribution in [-0.2, 0) is 0 Å². The number of para-hydroxylation sites is 1. The normalized spacial score (nSPS) is 21.7. The molecule has 2 saturated heterocycles. The van der Waals surface area contributed by atoms with E-state index in [0.717, 1.165) is 47.9 Å². The fraction of sp³-hybridized carbons (Fsp3) is 0.455. The monoisotopic (exact) mass is 410 g/mol. The summed E-state index contributed by atoms with van der Waals surface area (Å²) >= 11 is 1.59. The van der Waals surface area contributed by atoms with Crippen molar-refractivity contribution in [2.24, 2.45) is 0 Å². The van der Waals surface area contributed by atoms with Gasteiger partial charge in [0.15, 0.2) is 16.5 Å². The lowest BCUT2D eigenvalue weighted by Crippen LogP contribution is -2.55. The summed E-state index contributed by atoms with van der Waals surface area (Å²) in [4.78, 5) is 24.5. The standard InChI is InChI=1S/C22H26N4O2S/c1-24-10-4-5-16(15-24)25-11-13-26(14-12-25)22(27)19-9-8-18(28-19)21-23-17-6-2-3-7-20(17)29-21/h2-3,6-9,16H,4-5,10-15H2,1H3. The Morgan fingerprint density at radius 1 is 1.10 bits per heavy atom. The zero-order chi connectivity index (χ0) is 19.8. The third kappa shape index (κ3) is 3.82. The van der Waals surface area contributed by atoms with Crippen LogP contribution in [0.1, 0.15) is 23.4 Å². The van der Waals surface area contributed by atoms with Gasteiger partial charge in [-0.1, -0.05) is 12.1 Å². The summed E-state index contributed by atoms with van der Waals surface area (Å²) < 4.78 is 7.03. The van der Waals surface area contributed by atoms with Gasteiger partial charge in [0.05, 0.1) is 10.2 Å². The molecule has 3 aromatic rings. The maximum absolute atomic E-state index is 12.9. The number of piperazine rings is 1. The van der Waals surface area contributed by atoms with Gasteiger partial charge in [-0.25, -0.2) is 4.98 Å². The second-order valence-electron chi connectivity index (χ2n) is 8.04. The molecule has 1 aromatic carbocycles. The molecule has 1 atom stereocenters. The number of aromatic nitrogens is 1. The van der Waals surface area contributed by atoms with Crippen molar-refractivity contribution in [3.05, 3.63) is 42.2 Å². The molecule has 4 heterocycles. The lowest BCUT2D eigenvalue weighted by Gasteiger charge is -2.42. The first-order valence-corrected chi connectivity index (χ1v) is 11.2. The summed E-state index contributed by atoms with van der Waals surface area (Å²) in [5.41, 5.74) is 0.959. The number of fused-ring (bicyclic) bond motifs is 1. The van der Waals surface area contributed by atoms with Gasteiger partial charge in [-0.2, -0.15) is 0 Å². The van der Waals surface area contributed by atoms with Crippen LogP contribution in [0.2, 0.25) is 0 Å². The number of carbonyl (C=O) groups is 1. The second-order valence-corrected chi connectivity index (χ2v) is 9.07. The Morgan fingerprint density at radius 3 is 2.72 bits per heavy atom. The molecule has 0 N–H and O–H groups in total. The van der Waals surface area contributed by atoms with Crippen molar-refractivity contribution in [1.29, 1.82) is 0 Å². The van der Waals surface area contributed by atoms with E-state index in [1.165, 1.54) is 19.4 Å². The van der Waals surface area contributed by atoms with E-state index in [0.29, 0.717) is 17.6 Å². The lowest BCUT2D eigenvalue weighted by atomic mass is 10.0. The van der Waals surface area contributed by atoms with Crippen molar-refractivity contribution in [2.45, 2.75) is 18.9 Å². The molecule has 5 rings (SSSR count). The van der Waals surface area contributed by atoms with Crippen LogP contribution in [0.5, 0.6) is 0 Å². The van der Waals surface area contributed by atoms with E-state index in [-0.39, 0.29) is 5.91 Å². The summed E-state index contributed by atoms with van der Waals surface area (Å²) in [7, 11) is 2.20. The highest BCUT2D eigenvalue weighted by atomic mass is 32.1. The number of piperidine rings is 1. The molecule has 1 amide bonds. The third-order valence-electron chi connectivity index (χ3n) is 6.04. The van der Waals surface area contributed by atoms with Crippen LogP contribution in [0.3, 0.4) is 0 Å². The summed E-state index contributed by atoms with van der Waals surface area (Å²) in [5.74, 6) is 1.06. The number of rotatable bonds is 3.